The zero-order chi connectivity index (χ0) is 17.4. The van der Waals surface area contributed by atoms with Gasteiger partial charge in [0.05, 0.1) is 5.56 Å². The van der Waals surface area contributed by atoms with Crippen LogP contribution in [0.1, 0.15) is 36.0 Å². The molecule has 4 nitrogen and oxygen atoms in total. The van der Waals surface area contributed by atoms with E-state index in [0.29, 0.717) is 25.2 Å². The number of likely N-dealkylation sites (tertiary alicyclic amines) is 1. The summed E-state index contributed by atoms with van der Waals surface area (Å²) in [5, 5.41) is 0. The monoisotopic (exact) mass is 350 g/mol. The predicted molar refractivity (Wildman–Crippen MR) is 89.3 cm³/mol. The van der Waals surface area contributed by atoms with Gasteiger partial charge in [0.25, 0.3) is 5.91 Å². The van der Waals surface area contributed by atoms with Gasteiger partial charge in [0.2, 0.25) is 0 Å². The van der Waals surface area contributed by atoms with E-state index in [2.05, 4.69) is 4.90 Å². The predicted octanol–water partition coefficient (Wildman–Crippen LogP) is 2.68. The van der Waals surface area contributed by atoms with Crippen LogP contribution < -0.4 is 0 Å². The average molecular weight is 350 g/mol. The number of carbonyl (C=O) groups is 1. The standard InChI is InChI=1S/C19H24F2N2O2/c20-14-3-4-18(21)17(9-14)19(24)22-11-16(12-22)23(10-13-1-2-13)15-5-7-25-8-6-15/h3-4,9,13,15-16H,1-2,5-8,10-12H2. The largest absolute Gasteiger partial charge is 0.381 e. The first kappa shape index (κ1) is 16.9. The Morgan fingerprint density at radius 2 is 1.84 bits per heavy atom. The Kier molecular flexibility index (Phi) is 4.73. The number of ether oxygens (including phenoxy) is 1. The molecule has 2 heterocycles. The quantitative estimate of drug-likeness (QED) is 0.819. The van der Waals surface area contributed by atoms with Gasteiger partial charge in [-0.3, -0.25) is 9.69 Å². The fraction of sp³-hybridized carbons (Fsp3) is 0.632. The fourth-order valence-corrected chi connectivity index (χ4v) is 3.87. The van der Waals surface area contributed by atoms with E-state index < -0.39 is 17.5 Å². The van der Waals surface area contributed by atoms with E-state index in [1.807, 2.05) is 0 Å². The van der Waals surface area contributed by atoms with Gasteiger partial charge in [-0.15, -0.1) is 0 Å². The summed E-state index contributed by atoms with van der Waals surface area (Å²) < 4.78 is 32.6. The summed E-state index contributed by atoms with van der Waals surface area (Å²) in [6.45, 7) is 3.88. The molecule has 0 N–H and O–H groups in total. The number of rotatable bonds is 5. The maximum atomic E-state index is 13.8. The van der Waals surface area contributed by atoms with Gasteiger partial charge >= 0.3 is 0 Å². The number of amides is 1. The second kappa shape index (κ2) is 7.00. The molecule has 3 fully saturated rings. The van der Waals surface area contributed by atoms with Crippen molar-refractivity contribution in [2.24, 2.45) is 5.92 Å². The van der Waals surface area contributed by atoms with Gasteiger partial charge < -0.3 is 9.64 Å². The molecule has 6 heteroatoms. The molecule has 0 bridgehead atoms. The first-order valence-electron chi connectivity index (χ1n) is 9.19. The Bertz CT molecular complexity index is 638. The van der Waals surface area contributed by atoms with Crippen molar-refractivity contribution in [2.75, 3.05) is 32.8 Å². The van der Waals surface area contributed by atoms with Crippen molar-refractivity contribution in [3.63, 3.8) is 0 Å². The lowest BCUT2D eigenvalue weighted by molar-refractivity contribution is -0.0268. The van der Waals surface area contributed by atoms with Crippen LogP contribution in [0.4, 0.5) is 8.78 Å². The molecule has 0 aromatic heterocycles. The van der Waals surface area contributed by atoms with Crippen molar-refractivity contribution >= 4 is 5.91 Å². The first-order valence-corrected chi connectivity index (χ1v) is 9.19. The molecule has 2 saturated heterocycles. The van der Waals surface area contributed by atoms with Crippen LogP contribution >= 0.6 is 0 Å². The average Bonchev–Trinajstić information content (AvgIpc) is 3.39. The van der Waals surface area contributed by atoms with Crippen molar-refractivity contribution in [1.29, 1.82) is 0 Å². The highest BCUT2D eigenvalue weighted by atomic mass is 19.1. The van der Waals surface area contributed by atoms with Crippen molar-refractivity contribution in [3.8, 4) is 0 Å². The molecule has 25 heavy (non-hydrogen) atoms. The molecule has 1 saturated carbocycles. The maximum Gasteiger partial charge on any atom is 0.257 e. The normalized spacial score (nSPS) is 22.3. The minimum Gasteiger partial charge on any atom is -0.381 e. The molecule has 1 aliphatic carbocycles. The van der Waals surface area contributed by atoms with Crippen LogP contribution in [-0.4, -0.2) is 60.6 Å². The van der Waals surface area contributed by atoms with Gasteiger partial charge in [0, 0.05) is 44.9 Å². The van der Waals surface area contributed by atoms with Crippen LogP contribution in [0, 0.1) is 17.6 Å². The number of halogens is 2. The van der Waals surface area contributed by atoms with E-state index in [1.165, 1.54) is 12.8 Å². The van der Waals surface area contributed by atoms with Gasteiger partial charge in [-0.25, -0.2) is 8.78 Å². The van der Waals surface area contributed by atoms with Crippen LogP contribution in [0.25, 0.3) is 0 Å². The van der Waals surface area contributed by atoms with E-state index in [1.54, 1.807) is 4.90 Å². The van der Waals surface area contributed by atoms with Gasteiger partial charge in [0.15, 0.2) is 0 Å². The summed E-state index contributed by atoms with van der Waals surface area (Å²) in [5.74, 6) is -0.867. The SMILES string of the molecule is O=C(c1cc(F)ccc1F)N1CC(N(CC2CC2)C2CCOCC2)C1. The smallest absolute Gasteiger partial charge is 0.257 e. The van der Waals surface area contributed by atoms with Crippen LogP contribution in [0.5, 0.6) is 0 Å². The number of benzene rings is 1. The van der Waals surface area contributed by atoms with Crippen LogP contribution in [0.3, 0.4) is 0 Å². The van der Waals surface area contributed by atoms with Crippen molar-refractivity contribution < 1.29 is 18.3 Å². The van der Waals surface area contributed by atoms with Gasteiger partial charge in [0.1, 0.15) is 11.6 Å². The van der Waals surface area contributed by atoms with E-state index in [0.717, 1.165) is 56.7 Å². The number of carbonyl (C=O) groups excluding carboxylic acids is 1. The van der Waals surface area contributed by atoms with E-state index >= 15 is 0 Å². The Hall–Kier alpha value is -1.53. The zero-order valence-corrected chi connectivity index (χ0v) is 14.3. The molecule has 3 aliphatic rings. The fourth-order valence-electron chi connectivity index (χ4n) is 3.87. The molecule has 0 unspecified atom stereocenters. The highest BCUT2D eigenvalue weighted by Crippen LogP contribution is 2.34. The van der Waals surface area contributed by atoms with E-state index in [4.69, 9.17) is 4.74 Å². The summed E-state index contributed by atoms with van der Waals surface area (Å²) in [5.41, 5.74) is -0.168. The lowest BCUT2D eigenvalue weighted by atomic mass is 9.98. The van der Waals surface area contributed by atoms with Crippen LogP contribution in [0.15, 0.2) is 18.2 Å². The summed E-state index contributed by atoms with van der Waals surface area (Å²) in [4.78, 5) is 16.6. The zero-order valence-electron chi connectivity index (χ0n) is 14.3. The van der Waals surface area contributed by atoms with Gasteiger partial charge in [-0.05, 0) is 49.8 Å². The molecule has 0 radical (unpaired) electrons. The highest BCUT2D eigenvalue weighted by Gasteiger charge is 2.41. The number of hydrogen-bond acceptors (Lipinski definition) is 3. The Morgan fingerprint density at radius 3 is 2.52 bits per heavy atom. The Morgan fingerprint density at radius 1 is 1.12 bits per heavy atom. The third kappa shape index (κ3) is 3.70. The number of hydrogen-bond donors (Lipinski definition) is 0. The van der Waals surface area contributed by atoms with Crippen molar-refractivity contribution in [2.45, 2.75) is 37.8 Å². The van der Waals surface area contributed by atoms with Gasteiger partial charge in [-0.2, -0.15) is 0 Å². The van der Waals surface area contributed by atoms with E-state index in [9.17, 15) is 13.6 Å². The topological polar surface area (TPSA) is 32.8 Å². The third-order valence-electron chi connectivity index (χ3n) is 5.60. The third-order valence-corrected chi connectivity index (χ3v) is 5.60. The second-order valence-corrected chi connectivity index (χ2v) is 7.47. The maximum absolute atomic E-state index is 13.8. The molecule has 1 amide bonds. The number of nitrogens with zero attached hydrogens (tertiary/aromatic N) is 2. The molecular formula is C19H24F2N2O2. The molecule has 2 aliphatic heterocycles. The molecular weight excluding hydrogens is 326 g/mol. The van der Waals surface area contributed by atoms with Crippen molar-refractivity contribution in [1.82, 2.24) is 9.80 Å². The second-order valence-electron chi connectivity index (χ2n) is 7.47. The molecule has 1 aromatic carbocycles. The van der Waals surface area contributed by atoms with Crippen LogP contribution in [0.2, 0.25) is 0 Å². The lowest BCUT2D eigenvalue weighted by Crippen LogP contribution is -2.64. The lowest BCUT2D eigenvalue weighted by Gasteiger charge is -2.49. The highest BCUT2D eigenvalue weighted by molar-refractivity contribution is 5.95. The molecule has 0 atom stereocenters. The summed E-state index contributed by atoms with van der Waals surface area (Å²) in [7, 11) is 0. The Labute approximate surface area is 146 Å². The van der Waals surface area contributed by atoms with Crippen molar-refractivity contribution in [3.05, 3.63) is 35.4 Å². The molecule has 0 spiro atoms. The molecule has 136 valence electrons. The summed E-state index contributed by atoms with van der Waals surface area (Å²) in [6.07, 6.45) is 4.67. The minimum absolute atomic E-state index is 0.168. The summed E-state index contributed by atoms with van der Waals surface area (Å²) >= 11 is 0. The van der Waals surface area contributed by atoms with Crippen LogP contribution in [-0.2, 0) is 4.74 Å². The first-order chi connectivity index (χ1) is 12.1. The Balaban J connectivity index is 1.40. The van der Waals surface area contributed by atoms with E-state index in [-0.39, 0.29) is 5.56 Å². The molecule has 4 rings (SSSR count). The molecule has 1 aromatic rings. The summed E-state index contributed by atoms with van der Waals surface area (Å²) in [6, 6.07) is 3.88. The van der Waals surface area contributed by atoms with Gasteiger partial charge in [-0.1, -0.05) is 0 Å². The minimum atomic E-state index is -0.658.